The van der Waals surface area contributed by atoms with Gasteiger partial charge in [0.2, 0.25) is 5.91 Å². The molecule has 1 aliphatic carbocycles. The van der Waals surface area contributed by atoms with Crippen LogP contribution in [0.25, 0.3) is 0 Å². The van der Waals surface area contributed by atoms with Gasteiger partial charge >= 0.3 is 0 Å². The average Bonchev–Trinajstić information content (AvgIpc) is 2.38. The van der Waals surface area contributed by atoms with Crippen LogP contribution in [0.2, 0.25) is 0 Å². The lowest BCUT2D eigenvalue weighted by Crippen LogP contribution is -2.38. The molecule has 110 valence electrons. The highest BCUT2D eigenvalue weighted by Gasteiger charge is 2.31. The van der Waals surface area contributed by atoms with E-state index in [1.807, 2.05) is 0 Å². The Labute approximate surface area is 121 Å². The first-order chi connectivity index (χ1) is 9.48. The summed E-state index contributed by atoms with van der Waals surface area (Å²) in [4.78, 5) is 12.0. The molecule has 2 rings (SSSR count). The van der Waals surface area contributed by atoms with Crippen molar-refractivity contribution in [3.8, 4) is 0 Å². The minimum absolute atomic E-state index is 0.0469. The van der Waals surface area contributed by atoms with Crippen molar-refractivity contribution in [1.82, 2.24) is 5.32 Å². The fourth-order valence-corrected chi connectivity index (χ4v) is 2.99. The number of hydrogen-bond acceptors (Lipinski definition) is 2. The SMILES string of the molecule is Cc1ccc(CNC(=O)CC2(O)CCCCC2)c(C)c1. The summed E-state index contributed by atoms with van der Waals surface area (Å²) in [6, 6.07) is 6.24. The van der Waals surface area contributed by atoms with E-state index in [1.54, 1.807) is 0 Å². The number of aryl methyl sites for hydroxylation is 2. The lowest BCUT2D eigenvalue weighted by atomic mass is 9.82. The van der Waals surface area contributed by atoms with Gasteiger partial charge in [-0.25, -0.2) is 0 Å². The van der Waals surface area contributed by atoms with Crippen LogP contribution in [0.5, 0.6) is 0 Å². The molecule has 1 aliphatic rings. The number of aliphatic hydroxyl groups is 1. The number of nitrogens with one attached hydrogen (secondary N) is 1. The number of benzene rings is 1. The highest BCUT2D eigenvalue weighted by atomic mass is 16.3. The van der Waals surface area contributed by atoms with E-state index in [2.05, 4.69) is 37.4 Å². The zero-order valence-corrected chi connectivity index (χ0v) is 12.5. The van der Waals surface area contributed by atoms with Crippen LogP contribution in [-0.2, 0) is 11.3 Å². The van der Waals surface area contributed by atoms with Gasteiger partial charge in [-0.2, -0.15) is 0 Å². The highest BCUT2D eigenvalue weighted by Crippen LogP contribution is 2.30. The molecule has 0 spiro atoms. The Morgan fingerprint density at radius 1 is 1.25 bits per heavy atom. The Bertz CT molecular complexity index is 476. The molecule has 1 aromatic rings. The summed E-state index contributed by atoms with van der Waals surface area (Å²) in [5.74, 6) is -0.0469. The summed E-state index contributed by atoms with van der Waals surface area (Å²) in [7, 11) is 0. The Hall–Kier alpha value is -1.35. The molecular formula is C17H25NO2. The smallest absolute Gasteiger partial charge is 0.223 e. The van der Waals surface area contributed by atoms with Crippen LogP contribution in [0.1, 0.15) is 55.2 Å². The van der Waals surface area contributed by atoms with Crippen LogP contribution in [0.4, 0.5) is 0 Å². The predicted molar refractivity (Wildman–Crippen MR) is 80.4 cm³/mol. The Kier molecular flexibility index (Phi) is 4.81. The van der Waals surface area contributed by atoms with Gasteiger partial charge in [0.25, 0.3) is 0 Å². The molecule has 1 saturated carbocycles. The van der Waals surface area contributed by atoms with Crippen molar-refractivity contribution in [1.29, 1.82) is 0 Å². The molecule has 0 saturated heterocycles. The Morgan fingerprint density at radius 2 is 1.95 bits per heavy atom. The average molecular weight is 275 g/mol. The van der Waals surface area contributed by atoms with Crippen molar-refractivity contribution in [2.75, 3.05) is 0 Å². The van der Waals surface area contributed by atoms with Crippen LogP contribution in [-0.4, -0.2) is 16.6 Å². The van der Waals surface area contributed by atoms with Gasteiger partial charge in [0.15, 0.2) is 0 Å². The van der Waals surface area contributed by atoms with Gasteiger partial charge in [0, 0.05) is 6.54 Å². The molecule has 1 fully saturated rings. The van der Waals surface area contributed by atoms with Gasteiger partial charge in [-0.3, -0.25) is 4.79 Å². The van der Waals surface area contributed by atoms with E-state index in [1.165, 1.54) is 17.5 Å². The molecule has 3 heteroatoms. The number of carbonyl (C=O) groups is 1. The fourth-order valence-electron chi connectivity index (χ4n) is 2.99. The maximum atomic E-state index is 12.0. The Balaban J connectivity index is 1.85. The maximum absolute atomic E-state index is 12.0. The first-order valence-electron chi connectivity index (χ1n) is 7.54. The van der Waals surface area contributed by atoms with Crippen molar-refractivity contribution in [2.45, 2.75) is 64.5 Å². The van der Waals surface area contributed by atoms with Crippen LogP contribution < -0.4 is 5.32 Å². The molecule has 2 N–H and O–H groups in total. The minimum Gasteiger partial charge on any atom is -0.389 e. The number of hydrogen-bond donors (Lipinski definition) is 2. The van der Waals surface area contributed by atoms with Crippen LogP contribution in [0, 0.1) is 13.8 Å². The van der Waals surface area contributed by atoms with Gasteiger partial charge in [-0.1, -0.05) is 43.0 Å². The van der Waals surface area contributed by atoms with Crippen molar-refractivity contribution in [3.63, 3.8) is 0 Å². The van der Waals surface area contributed by atoms with Crippen LogP contribution in [0.3, 0.4) is 0 Å². The molecule has 1 amide bonds. The minimum atomic E-state index is -0.773. The van der Waals surface area contributed by atoms with Gasteiger partial charge in [0.05, 0.1) is 12.0 Å². The molecule has 0 unspecified atom stereocenters. The first kappa shape index (κ1) is 15.0. The monoisotopic (exact) mass is 275 g/mol. The van der Waals surface area contributed by atoms with Crippen molar-refractivity contribution in [2.24, 2.45) is 0 Å². The van der Waals surface area contributed by atoms with Gasteiger partial charge in [-0.05, 0) is 37.8 Å². The summed E-state index contributed by atoms with van der Waals surface area (Å²) < 4.78 is 0. The summed E-state index contributed by atoms with van der Waals surface area (Å²) in [6.45, 7) is 4.66. The predicted octanol–water partition coefficient (Wildman–Crippen LogP) is 3.00. The summed E-state index contributed by atoms with van der Waals surface area (Å²) >= 11 is 0. The number of rotatable bonds is 4. The first-order valence-corrected chi connectivity index (χ1v) is 7.54. The second-order valence-corrected chi connectivity index (χ2v) is 6.17. The van der Waals surface area contributed by atoms with E-state index in [0.717, 1.165) is 31.2 Å². The summed E-state index contributed by atoms with van der Waals surface area (Å²) in [5, 5.41) is 13.3. The third-order valence-electron chi connectivity index (χ3n) is 4.25. The third kappa shape index (κ3) is 4.07. The second-order valence-electron chi connectivity index (χ2n) is 6.17. The van der Waals surface area contributed by atoms with Crippen molar-refractivity contribution < 1.29 is 9.90 Å². The van der Waals surface area contributed by atoms with Crippen molar-refractivity contribution >= 4 is 5.91 Å². The van der Waals surface area contributed by atoms with E-state index >= 15 is 0 Å². The quantitative estimate of drug-likeness (QED) is 0.887. The zero-order valence-electron chi connectivity index (χ0n) is 12.5. The van der Waals surface area contributed by atoms with Crippen LogP contribution in [0.15, 0.2) is 18.2 Å². The zero-order chi connectivity index (χ0) is 14.6. The van der Waals surface area contributed by atoms with Crippen molar-refractivity contribution in [3.05, 3.63) is 34.9 Å². The fraction of sp³-hybridized carbons (Fsp3) is 0.588. The molecule has 3 nitrogen and oxygen atoms in total. The number of carbonyl (C=O) groups excluding carboxylic acids is 1. The van der Waals surface area contributed by atoms with Crippen LogP contribution >= 0.6 is 0 Å². The van der Waals surface area contributed by atoms with Gasteiger partial charge in [-0.15, -0.1) is 0 Å². The molecule has 1 aromatic carbocycles. The third-order valence-corrected chi connectivity index (χ3v) is 4.25. The summed E-state index contributed by atoms with van der Waals surface area (Å²) in [5.41, 5.74) is 2.79. The maximum Gasteiger partial charge on any atom is 0.223 e. The summed E-state index contributed by atoms with van der Waals surface area (Å²) in [6.07, 6.45) is 4.97. The molecule has 0 radical (unpaired) electrons. The normalized spacial score (nSPS) is 17.8. The molecule has 0 aromatic heterocycles. The molecule has 0 atom stereocenters. The lowest BCUT2D eigenvalue weighted by Gasteiger charge is -2.31. The highest BCUT2D eigenvalue weighted by molar-refractivity contribution is 5.77. The standard InChI is InChI=1S/C17H25NO2/c1-13-6-7-15(14(2)10-13)12-18-16(19)11-17(20)8-4-3-5-9-17/h6-7,10,20H,3-5,8-9,11-12H2,1-2H3,(H,18,19). The van der Waals surface area contributed by atoms with E-state index < -0.39 is 5.60 Å². The molecule has 0 bridgehead atoms. The van der Waals surface area contributed by atoms with E-state index in [-0.39, 0.29) is 12.3 Å². The largest absolute Gasteiger partial charge is 0.389 e. The number of amides is 1. The second kappa shape index (κ2) is 6.40. The van der Waals surface area contributed by atoms with E-state index in [4.69, 9.17) is 0 Å². The Morgan fingerprint density at radius 3 is 2.60 bits per heavy atom. The molecule has 20 heavy (non-hydrogen) atoms. The van der Waals surface area contributed by atoms with E-state index in [9.17, 15) is 9.90 Å². The van der Waals surface area contributed by atoms with Gasteiger partial charge in [0.1, 0.15) is 0 Å². The topological polar surface area (TPSA) is 49.3 Å². The van der Waals surface area contributed by atoms with Gasteiger partial charge < -0.3 is 10.4 Å². The molecule has 0 aliphatic heterocycles. The molecule has 0 heterocycles. The molecular weight excluding hydrogens is 250 g/mol. The van der Waals surface area contributed by atoms with E-state index in [0.29, 0.717) is 6.54 Å². The lowest BCUT2D eigenvalue weighted by molar-refractivity contribution is -0.127.